The summed E-state index contributed by atoms with van der Waals surface area (Å²) in [5.41, 5.74) is 7.89. The number of nitrogens with one attached hydrogen (secondary N) is 1. The van der Waals surface area contributed by atoms with E-state index >= 15 is 0 Å². The van der Waals surface area contributed by atoms with Gasteiger partial charge >= 0.3 is 0 Å². The van der Waals surface area contributed by atoms with Crippen LogP contribution in [0.5, 0.6) is 0 Å². The lowest BCUT2D eigenvalue weighted by Gasteiger charge is -2.01. The van der Waals surface area contributed by atoms with E-state index in [1.807, 2.05) is 0 Å². The molecule has 0 aromatic carbocycles. The first-order chi connectivity index (χ1) is 5.86. The first-order valence-corrected chi connectivity index (χ1v) is 3.39. The summed E-state index contributed by atoms with van der Waals surface area (Å²) in [7, 11) is 0. The normalized spacial score (nSPS) is 21.1. The van der Waals surface area contributed by atoms with Crippen molar-refractivity contribution in [3.05, 3.63) is 24.3 Å². The van der Waals surface area contributed by atoms with Crippen LogP contribution in [-0.2, 0) is 4.74 Å². The number of hydrogen-bond donors (Lipinski definition) is 2. The summed E-state index contributed by atoms with van der Waals surface area (Å²) >= 11 is 0. The fraction of sp³-hybridized carbons (Fsp3) is 0.167. The SMILES string of the molecule is NC1NN=C(c2ncccn2)O1. The number of hydrazone groups is 1. The zero-order valence-corrected chi connectivity index (χ0v) is 6.14. The molecule has 0 saturated carbocycles. The van der Waals surface area contributed by atoms with Crippen LogP contribution in [0.15, 0.2) is 23.6 Å². The largest absolute Gasteiger partial charge is 0.435 e. The van der Waals surface area contributed by atoms with E-state index in [4.69, 9.17) is 10.5 Å². The molecule has 12 heavy (non-hydrogen) atoms. The molecular weight excluding hydrogens is 158 g/mol. The van der Waals surface area contributed by atoms with Gasteiger partial charge in [0.05, 0.1) is 0 Å². The number of nitrogens with zero attached hydrogens (tertiary/aromatic N) is 3. The van der Waals surface area contributed by atoms with Gasteiger partial charge in [-0.05, 0) is 6.07 Å². The second kappa shape index (κ2) is 2.74. The molecule has 0 aliphatic carbocycles. The average Bonchev–Trinajstić information content (AvgIpc) is 2.54. The van der Waals surface area contributed by atoms with Crippen molar-refractivity contribution in [2.24, 2.45) is 10.8 Å². The molecule has 0 saturated heterocycles. The number of rotatable bonds is 1. The van der Waals surface area contributed by atoms with Crippen molar-refractivity contribution in [1.82, 2.24) is 15.4 Å². The molecule has 1 aromatic heterocycles. The molecule has 1 aromatic rings. The average molecular weight is 165 g/mol. The number of ether oxygens (including phenoxy) is 1. The van der Waals surface area contributed by atoms with E-state index < -0.39 is 6.35 Å². The highest BCUT2D eigenvalue weighted by molar-refractivity contribution is 5.90. The number of hydrogen-bond acceptors (Lipinski definition) is 6. The predicted molar refractivity (Wildman–Crippen MR) is 40.8 cm³/mol. The molecule has 62 valence electrons. The lowest BCUT2D eigenvalue weighted by Crippen LogP contribution is -2.31. The van der Waals surface area contributed by atoms with Crippen molar-refractivity contribution in [3.8, 4) is 0 Å². The topological polar surface area (TPSA) is 85.4 Å². The Labute approximate surface area is 68.5 Å². The molecule has 1 aliphatic heterocycles. The summed E-state index contributed by atoms with van der Waals surface area (Å²) in [6, 6.07) is 1.71. The second-order valence-corrected chi connectivity index (χ2v) is 2.16. The van der Waals surface area contributed by atoms with Gasteiger partial charge in [-0.1, -0.05) is 0 Å². The highest BCUT2D eigenvalue weighted by Gasteiger charge is 2.18. The van der Waals surface area contributed by atoms with Crippen molar-refractivity contribution >= 4 is 5.90 Å². The minimum atomic E-state index is -0.594. The van der Waals surface area contributed by atoms with E-state index in [2.05, 4.69) is 20.5 Å². The molecule has 0 spiro atoms. The monoisotopic (exact) mass is 165 g/mol. The molecule has 0 fully saturated rings. The standard InChI is InChI=1S/C6H7N5O/c7-6-11-10-5(12-6)4-8-2-1-3-9-4/h1-3,6,11H,7H2. The van der Waals surface area contributed by atoms with E-state index in [1.54, 1.807) is 18.5 Å². The van der Waals surface area contributed by atoms with Gasteiger partial charge in [-0.15, -0.1) is 5.10 Å². The van der Waals surface area contributed by atoms with Crippen LogP contribution in [0.3, 0.4) is 0 Å². The van der Waals surface area contributed by atoms with Crippen molar-refractivity contribution < 1.29 is 4.74 Å². The van der Waals surface area contributed by atoms with Crippen LogP contribution in [0.1, 0.15) is 5.82 Å². The summed E-state index contributed by atoms with van der Waals surface area (Å²) in [6.45, 7) is 0. The van der Waals surface area contributed by atoms with Gasteiger partial charge in [0.1, 0.15) is 0 Å². The number of nitrogens with two attached hydrogens (primary N) is 1. The van der Waals surface area contributed by atoms with Gasteiger partial charge in [-0.2, -0.15) is 0 Å². The van der Waals surface area contributed by atoms with Gasteiger partial charge < -0.3 is 4.74 Å². The lowest BCUT2D eigenvalue weighted by atomic mass is 10.5. The summed E-state index contributed by atoms with van der Waals surface area (Å²) < 4.78 is 5.04. The third kappa shape index (κ3) is 1.19. The molecule has 6 heteroatoms. The maximum absolute atomic E-state index is 5.36. The molecule has 2 rings (SSSR count). The van der Waals surface area contributed by atoms with E-state index in [9.17, 15) is 0 Å². The highest BCUT2D eigenvalue weighted by Crippen LogP contribution is 1.99. The Morgan fingerprint density at radius 2 is 2.17 bits per heavy atom. The maximum Gasteiger partial charge on any atom is 0.279 e. The molecule has 0 radical (unpaired) electrons. The quantitative estimate of drug-likeness (QED) is 0.557. The molecule has 0 amide bonds. The summed E-state index contributed by atoms with van der Waals surface area (Å²) in [5.74, 6) is 0.751. The highest BCUT2D eigenvalue weighted by atomic mass is 16.5. The van der Waals surface area contributed by atoms with Crippen molar-refractivity contribution in [2.45, 2.75) is 6.35 Å². The molecule has 6 nitrogen and oxygen atoms in total. The molecule has 1 atom stereocenters. The summed E-state index contributed by atoms with van der Waals surface area (Å²) in [5, 5.41) is 3.78. The van der Waals surface area contributed by atoms with Crippen LogP contribution in [0.2, 0.25) is 0 Å². The lowest BCUT2D eigenvalue weighted by molar-refractivity contribution is 0.195. The second-order valence-electron chi connectivity index (χ2n) is 2.16. The zero-order valence-electron chi connectivity index (χ0n) is 6.14. The summed E-state index contributed by atoms with van der Waals surface area (Å²) in [6.07, 6.45) is 2.62. The van der Waals surface area contributed by atoms with Crippen LogP contribution in [0.4, 0.5) is 0 Å². The van der Waals surface area contributed by atoms with Gasteiger partial charge in [0.15, 0.2) is 0 Å². The van der Waals surface area contributed by atoms with Crippen LogP contribution in [0, 0.1) is 0 Å². The van der Waals surface area contributed by atoms with Gasteiger partial charge in [0.25, 0.3) is 5.90 Å². The van der Waals surface area contributed by atoms with Crippen molar-refractivity contribution in [2.75, 3.05) is 0 Å². The Hall–Kier alpha value is -1.69. The maximum atomic E-state index is 5.36. The van der Waals surface area contributed by atoms with Gasteiger partial charge in [-0.25, -0.2) is 9.97 Å². The number of aromatic nitrogens is 2. The predicted octanol–water partition coefficient (Wildman–Crippen LogP) is -1.000. The van der Waals surface area contributed by atoms with E-state index in [1.165, 1.54) is 0 Å². The minimum Gasteiger partial charge on any atom is -0.435 e. The van der Waals surface area contributed by atoms with Crippen molar-refractivity contribution in [3.63, 3.8) is 0 Å². The van der Waals surface area contributed by atoms with Crippen LogP contribution >= 0.6 is 0 Å². The van der Waals surface area contributed by atoms with E-state index in [-0.39, 0.29) is 0 Å². The molecular formula is C6H7N5O. The fourth-order valence-electron chi connectivity index (χ4n) is 0.807. The molecule has 1 unspecified atom stereocenters. The van der Waals surface area contributed by atoms with Crippen LogP contribution in [-0.4, -0.2) is 22.2 Å². The molecule has 1 aliphatic rings. The van der Waals surface area contributed by atoms with Gasteiger partial charge in [0, 0.05) is 12.4 Å². The molecule has 0 bridgehead atoms. The Morgan fingerprint density at radius 3 is 2.75 bits per heavy atom. The van der Waals surface area contributed by atoms with Crippen LogP contribution in [0.25, 0.3) is 0 Å². The Morgan fingerprint density at radius 1 is 1.42 bits per heavy atom. The fourth-order valence-corrected chi connectivity index (χ4v) is 0.807. The minimum absolute atomic E-state index is 0.322. The van der Waals surface area contributed by atoms with Gasteiger partial charge in [-0.3, -0.25) is 11.2 Å². The third-order valence-electron chi connectivity index (χ3n) is 1.29. The van der Waals surface area contributed by atoms with E-state index in [0.29, 0.717) is 11.7 Å². The summed E-state index contributed by atoms with van der Waals surface area (Å²) in [4.78, 5) is 7.87. The smallest absolute Gasteiger partial charge is 0.279 e. The third-order valence-corrected chi connectivity index (χ3v) is 1.29. The Bertz CT molecular complexity index is 298. The first kappa shape index (κ1) is 6.99. The Kier molecular flexibility index (Phi) is 1.60. The molecule has 2 heterocycles. The van der Waals surface area contributed by atoms with Crippen molar-refractivity contribution in [1.29, 1.82) is 0 Å². The Balaban J connectivity index is 2.22. The van der Waals surface area contributed by atoms with E-state index in [0.717, 1.165) is 0 Å². The van der Waals surface area contributed by atoms with Crippen LogP contribution < -0.4 is 11.2 Å². The van der Waals surface area contributed by atoms with Gasteiger partial charge in [0.2, 0.25) is 12.2 Å². The zero-order chi connectivity index (χ0) is 8.39. The molecule has 3 N–H and O–H groups in total. The first-order valence-electron chi connectivity index (χ1n) is 3.39.